The van der Waals surface area contributed by atoms with Crippen LogP contribution in [-0.4, -0.2) is 23.2 Å². The highest BCUT2D eigenvalue weighted by Crippen LogP contribution is 2.14. The molecule has 1 unspecified atom stereocenters. The molecule has 2 N–H and O–H groups in total. The van der Waals surface area contributed by atoms with Gasteiger partial charge in [0.25, 0.3) is 0 Å². The van der Waals surface area contributed by atoms with E-state index in [0.29, 0.717) is 23.9 Å². The molecule has 0 radical (unpaired) electrons. The Balaban J connectivity index is 2.65. The van der Waals surface area contributed by atoms with E-state index in [9.17, 15) is 8.60 Å². The lowest BCUT2D eigenvalue weighted by Crippen LogP contribution is -2.06. The van der Waals surface area contributed by atoms with Gasteiger partial charge in [0.1, 0.15) is 5.82 Å². The molecule has 0 aliphatic heterocycles. The van der Waals surface area contributed by atoms with Crippen LogP contribution in [-0.2, 0) is 15.5 Å². The molecule has 0 bridgehead atoms. The summed E-state index contributed by atoms with van der Waals surface area (Å²) in [6, 6.07) is 3.95. The average Bonchev–Trinajstić information content (AvgIpc) is 2.16. The Kier molecular flexibility index (Phi) is 4.71. The first-order valence-electron chi connectivity index (χ1n) is 4.65. The molecule has 0 amide bonds. The molecule has 1 aromatic rings. The van der Waals surface area contributed by atoms with E-state index < -0.39 is 16.6 Å². The minimum Gasteiger partial charge on any atom is -0.399 e. The van der Waals surface area contributed by atoms with Gasteiger partial charge in [-0.1, -0.05) is 0 Å². The molecule has 1 aromatic carbocycles. The van der Waals surface area contributed by atoms with Crippen LogP contribution in [0.5, 0.6) is 0 Å². The lowest BCUT2D eigenvalue weighted by atomic mass is 10.3. The summed E-state index contributed by atoms with van der Waals surface area (Å²) in [7, 11) is -1.25. The lowest BCUT2D eigenvalue weighted by molar-refractivity contribution is 0.164. The Hall–Kier alpha value is -0.940. The molecule has 0 spiro atoms. The van der Waals surface area contributed by atoms with Crippen molar-refractivity contribution in [1.29, 1.82) is 0 Å². The number of nitrogen functional groups attached to an aromatic ring is 1. The second-order valence-electron chi connectivity index (χ2n) is 2.97. The number of rotatable bonds is 5. The predicted octanol–water partition coefficient (Wildman–Crippen LogP) is 1.55. The molecule has 0 aromatic heterocycles. The number of hydrogen-bond acceptors (Lipinski definition) is 3. The Bertz CT molecular complexity index is 337. The zero-order valence-corrected chi connectivity index (χ0v) is 9.35. The van der Waals surface area contributed by atoms with Crippen molar-refractivity contribution in [3.05, 3.63) is 24.0 Å². The van der Waals surface area contributed by atoms with Gasteiger partial charge in [-0.05, 0) is 25.1 Å². The predicted molar refractivity (Wildman–Crippen MR) is 58.6 cm³/mol. The van der Waals surface area contributed by atoms with Crippen LogP contribution in [0.15, 0.2) is 23.1 Å². The van der Waals surface area contributed by atoms with Crippen LogP contribution in [0, 0.1) is 5.82 Å². The summed E-state index contributed by atoms with van der Waals surface area (Å²) in [6.45, 7) is 2.85. The molecule has 1 atom stereocenters. The molecule has 0 heterocycles. The fourth-order valence-corrected chi connectivity index (χ4v) is 2.13. The maximum absolute atomic E-state index is 12.9. The van der Waals surface area contributed by atoms with E-state index >= 15 is 0 Å². The Labute approximate surface area is 90.9 Å². The van der Waals surface area contributed by atoms with Crippen LogP contribution in [0.2, 0.25) is 0 Å². The van der Waals surface area contributed by atoms with Crippen LogP contribution >= 0.6 is 0 Å². The highest BCUT2D eigenvalue weighted by Gasteiger charge is 2.06. The van der Waals surface area contributed by atoms with Crippen molar-refractivity contribution in [1.82, 2.24) is 0 Å². The van der Waals surface area contributed by atoms with Crippen molar-refractivity contribution in [2.45, 2.75) is 11.8 Å². The monoisotopic (exact) mass is 231 g/mol. The number of hydrogen-bond donors (Lipinski definition) is 1. The van der Waals surface area contributed by atoms with Gasteiger partial charge in [-0.15, -0.1) is 0 Å². The largest absolute Gasteiger partial charge is 0.399 e. The number of halogens is 1. The first-order valence-corrected chi connectivity index (χ1v) is 5.97. The quantitative estimate of drug-likeness (QED) is 0.618. The minimum atomic E-state index is -1.25. The second-order valence-corrected chi connectivity index (χ2v) is 4.54. The standard InChI is InChI=1S/C10H14FNO2S/c1-2-14-3-4-15(13)10-6-8(11)5-9(12)7-10/h5-7H,2-4,12H2,1H3. The van der Waals surface area contributed by atoms with E-state index in [1.54, 1.807) is 0 Å². The van der Waals surface area contributed by atoms with Crippen LogP contribution in [0.1, 0.15) is 6.92 Å². The summed E-state index contributed by atoms with van der Waals surface area (Å²) in [4.78, 5) is 0.409. The zero-order valence-electron chi connectivity index (χ0n) is 8.53. The maximum atomic E-state index is 12.9. The van der Waals surface area contributed by atoms with Crippen molar-refractivity contribution in [3.8, 4) is 0 Å². The van der Waals surface area contributed by atoms with Crippen molar-refractivity contribution < 1.29 is 13.3 Å². The smallest absolute Gasteiger partial charge is 0.126 e. The zero-order chi connectivity index (χ0) is 11.3. The third-order valence-corrected chi connectivity index (χ3v) is 3.07. The summed E-state index contributed by atoms with van der Waals surface area (Å²) >= 11 is 0. The molecular formula is C10H14FNO2S. The van der Waals surface area contributed by atoms with Gasteiger partial charge in [-0.25, -0.2) is 4.39 Å². The van der Waals surface area contributed by atoms with Gasteiger partial charge in [-0.3, -0.25) is 4.21 Å². The number of anilines is 1. The molecule has 1 rings (SSSR count). The van der Waals surface area contributed by atoms with E-state index in [-0.39, 0.29) is 5.69 Å². The van der Waals surface area contributed by atoms with Gasteiger partial charge >= 0.3 is 0 Å². The highest BCUT2D eigenvalue weighted by molar-refractivity contribution is 7.85. The average molecular weight is 231 g/mol. The molecule has 15 heavy (non-hydrogen) atoms. The number of benzene rings is 1. The van der Waals surface area contributed by atoms with Crippen LogP contribution in [0.3, 0.4) is 0 Å². The van der Waals surface area contributed by atoms with Crippen LogP contribution < -0.4 is 5.73 Å². The van der Waals surface area contributed by atoms with Gasteiger partial charge < -0.3 is 10.5 Å². The lowest BCUT2D eigenvalue weighted by Gasteiger charge is -2.04. The Morgan fingerprint density at radius 3 is 2.80 bits per heavy atom. The molecule has 0 aliphatic rings. The normalized spacial score (nSPS) is 12.7. The molecule has 0 saturated heterocycles. The van der Waals surface area contributed by atoms with Crippen molar-refractivity contribution in [3.63, 3.8) is 0 Å². The third-order valence-electron chi connectivity index (χ3n) is 1.77. The van der Waals surface area contributed by atoms with E-state index in [1.807, 2.05) is 6.92 Å². The fraction of sp³-hybridized carbons (Fsp3) is 0.400. The summed E-state index contributed by atoms with van der Waals surface area (Å²) < 4.78 is 29.6. The topological polar surface area (TPSA) is 52.3 Å². The van der Waals surface area contributed by atoms with Crippen molar-refractivity contribution in [2.24, 2.45) is 0 Å². The van der Waals surface area contributed by atoms with Gasteiger partial charge in [0.05, 0.1) is 23.2 Å². The number of ether oxygens (including phenoxy) is 1. The summed E-state index contributed by atoms with van der Waals surface area (Å²) in [5.74, 6) is -0.105. The van der Waals surface area contributed by atoms with E-state index in [0.717, 1.165) is 0 Å². The SMILES string of the molecule is CCOCCS(=O)c1cc(N)cc(F)c1. The van der Waals surface area contributed by atoms with Crippen molar-refractivity contribution in [2.75, 3.05) is 24.7 Å². The molecule has 0 aliphatic carbocycles. The summed E-state index contributed by atoms with van der Waals surface area (Å²) in [5.41, 5.74) is 5.73. The molecular weight excluding hydrogens is 217 g/mol. The summed E-state index contributed by atoms with van der Waals surface area (Å²) in [6.07, 6.45) is 0. The first kappa shape index (κ1) is 12.1. The molecule has 5 heteroatoms. The minimum absolute atomic E-state index is 0.287. The fourth-order valence-electron chi connectivity index (χ4n) is 1.11. The van der Waals surface area contributed by atoms with Gasteiger partial charge in [0.2, 0.25) is 0 Å². The molecule has 0 saturated carbocycles. The van der Waals surface area contributed by atoms with E-state index in [4.69, 9.17) is 10.5 Å². The molecule has 0 fully saturated rings. The Morgan fingerprint density at radius 1 is 1.47 bits per heavy atom. The van der Waals surface area contributed by atoms with Gasteiger partial charge in [-0.2, -0.15) is 0 Å². The first-order chi connectivity index (χ1) is 7.13. The third kappa shape index (κ3) is 3.97. The van der Waals surface area contributed by atoms with Gasteiger partial charge in [0.15, 0.2) is 0 Å². The molecule has 3 nitrogen and oxygen atoms in total. The van der Waals surface area contributed by atoms with E-state index in [2.05, 4.69) is 0 Å². The summed E-state index contributed by atoms with van der Waals surface area (Å²) in [5, 5.41) is 0. The number of nitrogens with two attached hydrogens (primary N) is 1. The highest BCUT2D eigenvalue weighted by atomic mass is 32.2. The van der Waals surface area contributed by atoms with Crippen molar-refractivity contribution >= 4 is 16.5 Å². The van der Waals surface area contributed by atoms with Crippen LogP contribution in [0.25, 0.3) is 0 Å². The van der Waals surface area contributed by atoms with Crippen LogP contribution in [0.4, 0.5) is 10.1 Å². The van der Waals surface area contributed by atoms with E-state index in [1.165, 1.54) is 18.2 Å². The van der Waals surface area contributed by atoms with Gasteiger partial charge in [0, 0.05) is 17.2 Å². The Morgan fingerprint density at radius 2 is 2.20 bits per heavy atom. The maximum Gasteiger partial charge on any atom is 0.126 e. The second kappa shape index (κ2) is 5.82. The molecule has 84 valence electrons.